The second-order valence-electron chi connectivity index (χ2n) is 6.30. The van der Waals surface area contributed by atoms with Crippen LogP contribution in [0.1, 0.15) is 28.5 Å². The Labute approximate surface area is 139 Å². The molecule has 0 radical (unpaired) electrons. The third-order valence-electron chi connectivity index (χ3n) is 4.82. The van der Waals surface area contributed by atoms with Gasteiger partial charge in [0.05, 0.1) is 25.2 Å². The van der Waals surface area contributed by atoms with Crippen LogP contribution >= 0.6 is 0 Å². The molecule has 4 rings (SSSR count). The minimum absolute atomic E-state index is 0.0219. The number of amides is 1. The number of nitrogens with zero attached hydrogens (tertiary/aromatic N) is 3. The summed E-state index contributed by atoms with van der Waals surface area (Å²) >= 11 is 0. The zero-order valence-corrected chi connectivity index (χ0v) is 13.6. The first kappa shape index (κ1) is 15.1. The van der Waals surface area contributed by atoms with Crippen molar-refractivity contribution < 1.29 is 9.53 Å². The minimum Gasteiger partial charge on any atom is -0.363 e. The van der Waals surface area contributed by atoms with Crippen LogP contribution in [0.3, 0.4) is 0 Å². The van der Waals surface area contributed by atoms with Crippen LogP contribution in [-0.4, -0.2) is 33.5 Å². The Kier molecular flexibility index (Phi) is 3.69. The first-order valence-electron chi connectivity index (χ1n) is 8.16. The van der Waals surface area contributed by atoms with Crippen molar-refractivity contribution in [1.82, 2.24) is 14.5 Å². The van der Waals surface area contributed by atoms with Crippen LogP contribution in [0.4, 0.5) is 0 Å². The number of rotatable bonds is 1. The predicted octanol–water partition coefficient (Wildman–Crippen LogP) is 0.979. The average molecular weight is 325 g/mol. The van der Waals surface area contributed by atoms with Gasteiger partial charge in [0, 0.05) is 19.2 Å². The van der Waals surface area contributed by atoms with Gasteiger partial charge in [-0.25, -0.2) is 4.98 Å². The largest absolute Gasteiger partial charge is 0.363 e. The summed E-state index contributed by atoms with van der Waals surface area (Å²) in [5.41, 5.74) is 3.52. The van der Waals surface area contributed by atoms with Crippen molar-refractivity contribution in [2.75, 3.05) is 13.2 Å². The fourth-order valence-electron chi connectivity index (χ4n) is 3.47. The van der Waals surface area contributed by atoms with Gasteiger partial charge in [-0.3, -0.25) is 9.59 Å². The first-order chi connectivity index (χ1) is 11.6. The van der Waals surface area contributed by atoms with Crippen LogP contribution in [0.2, 0.25) is 0 Å². The van der Waals surface area contributed by atoms with Crippen molar-refractivity contribution in [2.24, 2.45) is 7.05 Å². The Balaban J connectivity index is 1.61. The summed E-state index contributed by atoms with van der Waals surface area (Å²) in [5, 5.41) is 0. The van der Waals surface area contributed by atoms with E-state index in [0.29, 0.717) is 37.4 Å². The molecule has 0 spiro atoms. The van der Waals surface area contributed by atoms with Crippen LogP contribution in [-0.2, 0) is 36.0 Å². The highest BCUT2D eigenvalue weighted by Crippen LogP contribution is 2.29. The number of hydrogen-bond acceptors (Lipinski definition) is 4. The SMILES string of the molecule is Cn1cnc2c(c1=O)CCN(C(=O)[C@H]1OCCc3ccccc31)C2. The second-order valence-corrected chi connectivity index (χ2v) is 6.30. The summed E-state index contributed by atoms with van der Waals surface area (Å²) in [4.78, 5) is 31.2. The lowest BCUT2D eigenvalue weighted by atomic mass is 9.96. The van der Waals surface area contributed by atoms with Crippen LogP contribution in [0, 0.1) is 0 Å². The molecule has 1 aromatic heterocycles. The van der Waals surface area contributed by atoms with Gasteiger partial charge in [-0.1, -0.05) is 24.3 Å². The molecule has 124 valence electrons. The standard InChI is InChI=1S/C18H19N3O3/c1-20-11-19-15-10-21(8-6-14(15)17(20)22)18(23)16-13-5-3-2-4-12(13)7-9-24-16/h2-5,11,16H,6-10H2,1H3/t16-/m0/s1. The highest BCUT2D eigenvalue weighted by Gasteiger charge is 2.33. The summed E-state index contributed by atoms with van der Waals surface area (Å²) in [6.45, 7) is 1.44. The minimum atomic E-state index is -0.553. The van der Waals surface area contributed by atoms with E-state index in [1.54, 1.807) is 11.9 Å². The molecule has 3 heterocycles. The van der Waals surface area contributed by atoms with Gasteiger partial charge in [0.2, 0.25) is 0 Å². The van der Waals surface area contributed by atoms with Crippen LogP contribution in [0.25, 0.3) is 0 Å². The van der Waals surface area contributed by atoms with Gasteiger partial charge >= 0.3 is 0 Å². The molecule has 0 fully saturated rings. The molecule has 6 heteroatoms. The van der Waals surface area contributed by atoms with Gasteiger partial charge in [0.1, 0.15) is 0 Å². The number of ether oxygens (including phenoxy) is 1. The van der Waals surface area contributed by atoms with E-state index in [0.717, 1.165) is 12.0 Å². The molecule has 1 aromatic carbocycles. The number of carbonyl (C=O) groups excluding carboxylic acids is 1. The molecule has 1 amide bonds. The quantitative estimate of drug-likeness (QED) is 0.784. The zero-order chi connectivity index (χ0) is 16.7. The molecule has 2 aliphatic rings. The monoisotopic (exact) mass is 325 g/mol. The van der Waals surface area contributed by atoms with E-state index in [9.17, 15) is 9.59 Å². The molecule has 0 saturated heterocycles. The van der Waals surface area contributed by atoms with Crippen molar-refractivity contribution in [2.45, 2.75) is 25.5 Å². The van der Waals surface area contributed by atoms with Crippen molar-refractivity contribution in [3.63, 3.8) is 0 Å². The number of aromatic nitrogens is 2. The summed E-state index contributed by atoms with van der Waals surface area (Å²) < 4.78 is 7.26. The molecule has 2 aliphatic heterocycles. The lowest BCUT2D eigenvalue weighted by molar-refractivity contribution is -0.146. The molecular weight excluding hydrogens is 306 g/mol. The summed E-state index contributed by atoms with van der Waals surface area (Å²) in [6, 6.07) is 7.94. The van der Waals surface area contributed by atoms with Crippen molar-refractivity contribution >= 4 is 5.91 Å². The van der Waals surface area contributed by atoms with E-state index < -0.39 is 6.10 Å². The van der Waals surface area contributed by atoms with Gasteiger partial charge in [-0.05, 0) is 24.0 Å². The smallest absolute Gasteiger partial charge is 0.256 e. The maximum atomic E-state index is 13.0. The Morgan fingerprint density at radius 1 is 1.29 bits per heavy atom. The Morgan fingerprint density at radius 3 is 3.00 bits per heavy atom. The maximum absolute atomic E-state index is 13.0. The van der Waals surface area contributed by atoms with E-state index in [1.807, 2.05) is 18.2 Å². The number of hydrogen-bond donors (Lipinski definition) is 0. The Hall–Kier alpha value is -2.47. The van der Waals surface area contributed by atoms with Crippen molar-refractivity contribution in [3.05, 3.63) is 63.3 Å². The van der Waals surface area contributed by atoms with E-state index in [1.165, 1.54) is 16.5 Å². The van der Waals surface area contributed by atoms with Crippen LogP contribution < -0.4 is 5.56 Å². The van der Waals surface area contributed by atoms with E-state index in [-0.39, 0.29) is 11.5 Å². The predicted molar refractivity (Wildman–Crippen MR) is 87.4 cm³/mol. The Bertz CT molecular complexity index is 859. The average Bonchev–Trinajstić information content (AvgIpc) is 2.63. The van der Waals surface area contributed by atoms with Crippen LogP contribution in [0.5, 0.6) is 0 Å². The number of carbonyl (C=O) groups is 1. The van der Waals surface area contributed by atoms with Gasteiger partial charge in [0.15, 0.2) is 6.10 Å². The molecule has 0 unspecified atom stereocenters. The highest BCUT2D eigenvalue weighted by atomic mass is 16.5. The second kappa shape index (κ2) is 5.87. The molecule has 0 bridgehead atoms. The first-order valence-corrected chi connectivity index (χ1v) is 8.16. The maximum Gasteiger partial charge on any atom is 0.256 e. The fourth-order valence-corrected chi connectivity index (χ4v) is 3.47. The third kappa shape index (κ3) is 2.43. The third-order valence-corrected chi connectivity index (χ3v) is 4.82. The lowest BCUT2D eigenvalue weighted by Gasteiger charge is -2.33. The molecule has 6 nitrogen and oxygen atoms in total. The Morgan fingerprint density at radius 2 is 2.12 bits per heavy atom. The molecule has 24 heavy (non-hydrogen) atoms. The van der Waals surface area contributed by atoms with E-state index in [4.69, 9.17) is 4.74 Å². The molecule has 2 aromatic rings. The van der Waals surface area contributed by atoms with Crippen molar-refractivity contribution in [1.29, 1.82) is 0 Å². The normalized spacial score (nSPS) is 19.5. The number of aryl methyl sites for hydroxylation is 1. The van der Waals surface area contributed by atoms with Crippen molar-refractivity contribution in [3.8, 4) is 0 Å². The summed E-state index contributed by atoms with van der Waals surface area (Å²) in [5.74, 6) is -0.0460. The zero-order valence-electron chi connectivity index (χ0n) is 13.6. The number of fused-ring (bicyclic) bond motifs is 2. The summed E-state index contributed by atoms with van der Waals surface area (Å²) in [6.07, 6.45) is 2.33. The van der Waals surface area contributed by atoms with Gasteiger partial charge in [-0.15, -0.1) is 0 Å². The van der Waals surface area contributed by atoms with Crippen LogP contribution in [0.15, 0.2) is 35.4 Å². The van der Waals surface area contributed by atoms with E-state index in [2.05, 4.69) is 11.1 Å². The van der Waals surface area contributed by atoms with Gasteiger partial charge in [-0.2, -0.15) is 0 Å². The molecular formula is C18H19N3O3. The lowest BCUT2D eigenvalue weighted by Crippen LogP contribution is -2.43. The van der Waals surface area contributed by atoms with Gasteiger partial charge < -0.3 is 14.2 Å². The summed E-state index contributed by atoms with van der Waals surface area (Å²) in [7, 11) is 1.69. The molecule has 0 saturated carbocycles. The topological polar surface area (TPSA) is 64.4 Å². The highest BCUT2D eigenvalue weighted by molar-refractivity contribution is 5.83. The molecule has 1 atom stereocenters. The molecule has 0 aliphatic carbocycles. The number of benzene rings is 1. The van der Waals surface area contributed by atoms with E-state index >= 15 is 0 Å². The molecule has 0 N–H and O–H groups in total. The fraction of sp³-hybridized carbons (Fsp3) is 0.389. The van der Waals surface area contributed by atoms with Gasteiger partial charge in [0.25, 0.3) is 11.5 Å².